The van der Waals surface area contributed by atoms with Gasteiger partial charge in [-0.2, -0.15) is 0 Å². The Labute approximate surface area is 138 Å². The Hall–Kier alpha value is 1.62. The van der Waals surface area contributed by atoms with E-state index in [0.717, 1.165) is 12.8 Å². The van der Waals surface area contributed by atoms with Crippen LogP contribution in [0.15, 0.2) is 0 Å². The maximum atomic E-state index is 11.8. The largest absolute Gasteiger partial charge is 0.460 e. The maximum Gasteiger partial charge on any atom is 0.342 e. The molecule has 0 amide bonds. The molecule has 2 atom stereocenters. The minimum absolute atomic E-state index is 0.0763. The van der Waals surface area contributed by atoms with Crippen LogP contribution in [0.25, 0.3) is 0 Å². The first-order chi connectivity index (χ1) is 7.21. The molecular weight excluding hydrogens is 547 g/mol. The van der Waals surface area contributed by atoms with E-state index in [9.17, 15) is 4.79 Å². The van der Waals surface area contributed by atoms with Crippen molar-refractivity contribution in [3.05, 3.63) is 0 Å². The van der Waals surface area contributed by atoms with Crippen LogP contribution in [-0.4, -0.2) is 35.5 Å². The lowest BCUT2D eigenvalue weighted by molar-refractivity contribution is -0.150. The number of hydrogen-bond donors (Lipinski definition) is 0. The lowest BCUT2D eigenvalue weighted by Crippen LogP contribution is -2.47. The topological polar surface area (TPSA) is 29.5 Å². The molecule has 0 bridgehead atoms. The van der Waals surface area contributed by atoms with Crippen molar-refractivity contribution >= 4 is 73.7 Å². The predicted octanol–water partition coefficient (Wildman–Crippen LogP) is 3.36. The zero-order valence-electron chi connectivity index (χ0n) is 9.54. The van der Waals surface area contributed by atoms with E-state index in [2.05, 4.69) is 93.6 Å². The van der Waals surface area contributed by atoms with Crippen molar-refractivity contribution < 1.29 is 9.53 Å². The van der Waals surface area contributed by atoms with Crippen molar-refractivity contribution in [1.82, 2.24) is 4.90 Å². The molecule has 0 saturated carbocycles. The minimum atomic E-state index is -0.483. The first-order valence-electron chi connectivity index (χ1n) is 5.21. The highest BCUT2D eigenvalue weighted by Gasteiger charge is 2.36. The fourth-order valence-corrected chi connectivity index (χ4v) is 2.32. The summed E-state index contributed by atoms with van der Waals surface area (Å²) in [4.78, 5) is 14.1. The summed E-state index contributed by atoms with van der Waals surface area (Å²) in [7, 11) is 2.13. The average molecular weight is 563 g/mol. The molecule has 1 aliphatic heterocycles. The average Bonchev–Trinajstić information content (AvgIpc) is 2.12. The molecule has 1 heterocycles. The summed E-state index contributed by atoms with van der Waals surface area (Å²) in [6, 6.07) is 0.960. The van der Waals surface area contributed by atoms with Crippen LogP contribution >= 0.6 is 67.8 Å². The number of likely N-dealkylation sites (tertiary alicyclic amines) is 1. The Morgan fingerprint density at radius 1 is 1.25 bits per heavy atom. The van der Waals surface area contributed by atoms with Gasteiger partial charge in [-0.3, -0.25) is 0 Å². The van der Waals surface area contributed by atoms with Crippen molar-refractivity contribution in [1.29, 1.82) is 0 Å². The highest BCUT2D eigenvalue weighted by atomic mass is 127. The van der Waals surface area contributed by atoms with Gasteiger partial charge in [-0.15, -0.1) is 0 Å². The quantitative estimate of drug-likeness (QED) is 0.294. The number of halogens is 3. The van der Waals surface area contributed by atoms with Crippen molar-refractivity contribution in [3.63, 3.8) is 0 Å². The van der Waals surface area contributed by atoms with Crippen molar-refractivity contribution in [2.75, 3.05) is 7.05 Å². The molecule has 1 saturated heterocycles. The van der Waals surface area contributed by atoms with Crippen LogP contribution in [-0.2, 0) is 9.53 Å². The summed E-state index contributed by atoms with van der Waals surface area (Å²) in [5.41, 5.74) is 0. The van der Waals surface area contributed by atoms with Crippen LogP contribution in [0.1, 0.15) is 26.7 Å². The number of hydrogen-bond acceptors (Lipinski definition) is 3. The minimum Gasteiger partial charge on any atom is -0.460 e. The smallest absolute Gasteiger partial charge is 0.342 e. The van der Waals surface area contributed by atoms with Gasteiger partial charge in [0.2, 0.25) is -0.565 Å². The third-order valence-electron chi connectivity index (χ3n) is 3.10. The van der Waals surface area contributed by atoms with Gasteiger partial charge >= 0.3 is 5.97 Å². The van der Waals surface area contributed by atoms with Gasteiger partial charge in [0.25, 0.3) is 0 Å². The zero-order valence-corrected chi connectivity index (χ0v) is 16.0. The lowest BCUT2D eigenvalue weighted by Gasteiger charge is -2.40. The van der Waals surface area contributed by atoms with E-state index in [1.165, 1.54) is 0 Å². The Kier molecular flexibility index (Phi) is 6.05. The predicted molar refractivity (Wildman–Crippen MR) is 90.6 cm³/mol. The van der Waals surface area contributed by atoms with E-state index < -0.39 is -0.565 Å². The molecule has 1 rings (SSSR count). The van der Waals surface area contributed by atoms with Crippen molar-refractivity contribution in [2.45, 2.75) is 44.3 Å². The standard InChI is InChI=1S/C10H16I3NO2/c1-6-4-8(5-7(2)14(6)3)16-9(15)10(11,12)13/h6-8H,4-5H2,1-3H3. The van der Waals surface area contributed by atoms with E-state index in [-0.39, 0.29) is 12.1 Å². The first kappa shape index (κ1) is 15.7. The number of esters is 1. The lowest BCUT2D eigenvalue weighted by atomic mass is 9.95. The van der Waals surface area contributed by atoms with Crippen LogP contribution in [0.3, 0.4) is 0 Å². The number of rotatable bonds is 2. The van der Waals surface area contributed by atoms with E-state index >= 15 is 0 Å². The molecule has 1 fully saturated rings. The van der Waals surface area contributed by atoms with Crippen LogP contribution in [0, 0.1) is 0 Å². The van der Waals surface area contributed by atoms with Gasteiger partial charge in [0.1, 0.15) is 6.10 Å². The molecule has 0 spiro atoms. The number of alkyl halides is 3. The number of ether oxygens (including phenoxy) is 1. The Bertz CT molecular complexity index is 255. The molecule has 1 aliphatic rings. The molecule has 94 valence electrons. The number of carbonyl (C=O) groups excluding carboxylic acids is 1. The fourth-order valence-electron chi connectivity index (χ4n) is 1.94. The van der Waals surface area contributed by atoms with Crippen LogP contribution in [0.5, 0.6) is 0 Å². The SMILES string of the molecule is CC1CC(OC(=O)C(I)(I)I)CC(C)N1C. The van der Waals surface area contributed by atoms with Gasteiger partial charge in [0.15, 0.2) is 0 Å². The molecular formula is C10H16I3NO2. The number of piperidine rings is 1. The Morgan fingerprint density at radius 3 is 2.06 bits per heavy atom. The molecule has 0 aromatic rings. The van der Waals surface area contributed by atoms with E-state index in [4.69, 9.17) is 4.74 Å². The molecule has 0 aromatic carbocycles. The van der Waals surface area contributed by atoms with Gasteiger partial charge in [0.05, 0.1) is 0 Å². The van der Waals surface area contributed by atoms with Crippen LogP contribution in [0.2, 0.25) is 0 Å². The zero-order chi connectivity index (χ0) is 12.5. The third kappa shape index (κ3) is 4.38. The molecule has 3 nitrogen and oxygen atoms in total. The molecule has 0 aromatic heterocycles. The monoisotopic (exact) mass is 563 g/mol. The van der Waals surface area contributed by atoms with Gasteiger partial charge < -0.3 is 9.64 Å². The van der Waals surface area contributed by atoms with E-state index in [1.807, 2.05) is 0 Å². The maximum absolute atomic E-state index is 11.8. The highest BCUT2D eigenvalue weighted by molar-refractivity contribution is 14.3. The second-order valence-electron chi connectivity index (χ2n) is 4.36. The summed E-state index contributed by atoms with van der Waals surface area (Å²) < 4.78 is 5.07. The van der Waals surface area contributed by atoms with Crippen molar-refractivity contribution in [2.24, 2.45) is 0 Å². The first-order valence-corrected chi connectivity index (χ1v) is 8.45. The summed E-state index contributed by atoms with van der Waals surface area (Å²) in [6.07, 6.45) is 1.95. The van der Waals surface area contributed by atoms with Crippen LogP contribution < -0.4 is 0 Å². The van der Waals surface area contributed by atoms with Gasteiger partial charge in [-0.25, -0.2) is 4.79 Å². The Morgan fingerprint density at radius 2 is 1.69 bits per heavy atom. The molecule has 2 unspecified atom stereocenters. The third-order valence-corrected chi connectivity index (χ3v) is 4.42. The van der Waals surface area contributed by atoms with E-state index in [1.54, 1.807) is 0 Å². The molecule has 0 aliphatic carbocycles. The summed E-state index contributed by atoms with van der Waals surface area (Å²) in [5, 5.41) is 0. The molecule has 6 heteroatoms. The molecule has 0 radical (unpaired) electrons. The van der Waals surface area contributed by atoms with Crippen LogP contribution in [0.4, 0.5) is 0 Å². The fraction of sp³-hybridized carbons (Fsp3) is 0.900. The summed E-state index contributed by atoms with van der Waals surface area (Å²) in [5.74, 6) is -0.122. The molecule has 16 heavy (non-hydrogen) atoms. The second kappa shape index (κ2) is 6.18. The van der Waals surface area contributed by atoms with Crippen molar-refractivity contribution in [3.8, 4) is 0 Å². The normalized spacial score (nSPS) is 32.5. The van der Waals surface area contributed by atoms with Gasteiger partial charge in [0, 0.05) is 12.1 Å². The number of carbonyl (C=O) groups is 1. The summed E-state index contributed by atoms with van der Waals surface area (Å²) >= 11 is 6.31. The molecule has 0 N–H and O–H groups in total. The highest BCUT2D eigenvalue weighted by Crippen LogP contribution is 2.38. The van der Waals surface area contributed by atoms with Gasteiger partial charge in [-0.05, 0) is 102 Å². The second-order valence-corrected chi connectivity index (χ2v) is 15.4. The number of nitrogens with zero attached hydrogens (tertiary/aromatic N) is 1. The van der Waals surface area contributed by atoms with Gasteiger partial charge in [-0.1, -0.05) is 0 Å². The van der Waals surface area contributed by atoms with E-state index in [0.29, 0.717) is 12.1 Å². The summed E-state index contributed by atoms with van der Waals surface area (Å²) in [6.45, 7) is 4.36. The Balaban J connectivity index is 2.54.